The SMILES string of the molecule is C=C1/C(=C\C=C2/CCC[C@]3(C)[C@@H]([C@H](C)CCCC(=O)OC(C)(C)C)CC[C@@H]23)C[C@H](C)C[C@@H]1O[Si](C)(C)C(C)(C)C. The van der Waals surface area contributed by atoms with E-state index in [-0.39, 0.29) is 17.1 Å². The van der Waals surface area contributed by atoms with Crippen LogP contribution in [0.2, 0.25) is 18.1 Å². The van der Waals surface area contributed by atoms with Crippen molar-refractivity contribution in [3.63, 3.8) is 0 Å². The highest BCUT2D eigenvalue weighted by Crippen LogP contribution is 2.60. The van der Waals surface area contributed by atoms with E-state index in [9.17, 15) is 4.79 Å². The molecule has 0 N–H and O–H groups in total. The van der Waals surface area contributed by atoms with Gasteiger partial charge in [-0.1, -0.05) is 65.8 Å². The van der Waals surface area contributed by atoms with Crippen molar-refractivity contribution in [3.8, 4) is 0 Å². The number of carbonyl (C=O) groups excluding carboxylic acids is 1. The van der Waals surface area contributed by atoms with E-state index in [1.54, 1.807) is 5.57 Å². The van der Waals surface area contributed by atoms with Crippen LogP contribution in [0.3, 0.4) is 0 Å². The largest absolute Gasteiger partial charge is 0.460 e. The lowest BCUT2D eigenvalue weighted by Gasteiger charge is -2.44. The van der Waals surface area contributed by atoms with Gasteiger partial charge in [-0.2, -0.15) is 0 Å². The molecule has 0 aromatic heterocycles. The summed E-state index contributed by atoms with van der Waals surface area (Å²) in [5, 5.41) is 0.207. The molecule has 3 aliphatic rings. The minimum Gasteiger partial charge on any atom is -0.460 e. The van der Waals surface area contributed by atoms with Crippen LogP contribution in [0.15, 0.2) is 35.5 Å². The maximum absolute atomic E-state index is 12.2. The van der Waals surface area contributed by atoms with E-state index in [0.29, 0.717) is 29.6 Å². The van der Waals surface area contributed by atoms with E-state index in [4.69, 9.17) is 9.16 Å². The van der Waals surface area contributed by atoms with Gasteiger partial charge < -0.3 is 9.16 Å². The van der Waals surface area contributed by atoms with Crippen molar-refractivity contribution >= 4 is 14.3 Å². The van der Waals surface area contributed by atoms with Crippen LogP contribution in [0.25, 0.3) is 0 Å². The standard InChI is InChI=1S/C36H62O3Si/c1-25-23-29(27(3)32(24-25)39-40(11,12)35(7,8)9)19-18-28-16-14-22-36(10)30(20-21-31(28)36)26(2)15-13-17-33(37)38-34(4,5)6/h18-19,25-26,30-32H,3,13-17,20-24H2,1-2,4-12H3/b28-18+,29-19-/t25-,26+,30+,31-,32-,36+/m0/s1. The molecule has 228 valence electrons. The van der Waals surface area contributed by atoms with Crippen LogP contribution in [-0.2, 0) is 14.0 Å². The van der Waals surface area contributed by atoms with E-state index < -0.39 is 13.9 Å². The predicted molar refractivity (Wildman–Crippen MR) is 173 cm³/mol. The Morgan fingerprint density at radius 3 is 2.45 bits per heavy atom. The zero-order chi connectivity index (χ0) is 30.1. The molecule has 6 atom stereocenters. The van der Waals surface area contributed by atoms with E-state index >= 15 is 0 Å². The number of fused-ring (bicyclic) bond motifs is 1. The van der Waals surface area contributed by atoms with Gasteiger partial charge in [-0.15, -0.1) is 0 Å². The lowest BCUT2D eigenvalue weighted by atomic mass is 9.60. The number of rotatable bonds is 8. The van der Waals surface area contributed by atoms with Gasteiger partial charge in [-0.25, -0.2) is 0 Å². The molecule has 40 heavy (non-hydrogen) atoms. The monoisotopic (exact) mass is 570 g/mol. The highest BCUT2D eigenvalue weighted by atomic mass is 28.4. The molecule has 0 saturated heterocycles. The molecule has 3 rings (SSSR count). The van der Waals surface area contributed by atoms with E-state index in [2.05, 4.69) is 73.4 Å². The Labute approximate surface area is 248 Å². The minimum absolute atomic E-state index is 0.0540. The van der Waals surface area contributed by atoms with E-state index in [1.807, 2.05) is 20.8 Å². The topological polar surface area (TPSA) is 35.5 Å². The van der Waals surface area contributed by atoms with E-state index in [0.717, 1.165) is 31.6 Å². The summed E-state index contributed by atoms with van der Waals surface area (Å²) in [6, 6.07) is 0. The fourth-order valence-corrected chi connectivity index (χ4v) is 9.02. The molecule has 0 spiro atoms. The third-order valence-corrected chi connectivity index (χ3v) is 15.4. The molecule has 3 saturated carbocycles. The molecule has 0 heterocycles. The molecule has 0 radical (unpaired) electrons. The summed E-state index contributed by atoms with van der Waals surface area (Å²) >= 11 is 0. The van der Waals surface area contributed by atoms with Gasteiger partial charge in [0, 0.05) is 6.42 Å². The van der Waals surface area contributed by atoms with Crippen LogP contribution in [-0.4, -0.2) is 26.0 Å². The Kier molecular flexibility index (Phi) is 10.5. The van der Waals surface area contributed by atoms with Crippen LogP contribution < -0.4 is 0 Å². The van der Waals surface area contributed by atoms with Crippen molar-refractivity contribution in [1.82, 2.24) is 0 Å². The molecule has 0 aliphatic heterocycles. The van der Waals surface area contributed by atoms with Gasteiger partial charge in [0.05, 0.1) is 6.10 Å². The van der Waals surface area contributed by atoms with Crippen LogP contribution in [0.4, 0.5) is 0 Å². The van der Waals surface area contributed by atoms with Gasteiger partial charge in [-0.05, 0) is 137 Å². The highest BCUT2D eigenvalue weighted by Gasteiger charge is 2.50. The summed E-state index contributed by atoms with van der Waals surface area (Å²) < 4.78 is 12.4. The molecular formula is C36H62O3Si. The molecule has 0 amide bonds. The van der Waals surface area contributed by atoms with Crippen molar-refractivity contribution in [3.05, 3.63) is 35.5 Å². The third-order valence-electron chi connectivity index (χ3n) is 10.9. The first kappa shape index (κ1) is 33.4. The Bertz CT molecular complexity index is 975. The maximum atomic E-state index is 12.2. The second-order valence-corrected chi connectivity index (χ2v) is 21.2. The average molecular weight is 571 g/mol. The first-order valence-corrected chi connectivity index (χ1v) is 19.2. The Balaban J connectivity index is 1.68. The summed E-state index contributed by atoms with van der Waals surface area (Å²) in [6.45, 7) is 29.5. The fraction of sp³-hybridized carbons (Fsp3) is 0.806. The van der Waals surface area contributed by atoms with E-state index in [1.165, 1.54) is 43.3 Å². The lowest BCUT2D eigenvalue weighted by molar-refractivity contribution is -0.155. The number of hydrogen-bond donors (Lipinski definition) is 0. The van der Waals surface area contributed by atoms with Gasteiger partial charge in [0.1, 0.15) is 5.60 Å². The van der Waals surface area contributed by atoms with Crippen molar-refractivity contribution < 1.29 is 14.0 Å². The third kappa shape index (κ3) is 8.03. The summed E-state index contributed by atoms with van der Waals surface area (Å²) in [5.41, 5.74) is 4.28. The van der Waals surface area contributed by atoms with Crippen molar-refractivity contribution in [1.29, 1.82) is 0 Å². The molecule has 3 nitrogen and oxygen atoms in total. The first-order valence-electron chi connectivity index (χ1n) is 16.3. The summed E-state index contributed by atoms with van der Waals surface area (Å²) in [7, 11) is -1.85. The van der Waals surface area contributed by atoms with Crippen LogP contribution in [0.1, 0.15) is 127 Å². The maximum Gasteiger partial charge on any atom is 0.306 e. The molecule has 0 aromatic rings. The second-order valence-electron chi connectivity index (χ2n) is 16.4. The van der Waals surface area contributed by atoms with Crippen molar-refractivity contribution in [2.75, 3.05) is 0 Å². The minimum atomic E-state index is -1.85. The average Bonchev–Trinajstić information content (AvgIpc) is 3.15. The molecule has 0 unspecified atom stereocenters. The Hall–Kier alpha value is -1.13. The van der Waals surface area contributed by atoms with Crippen molar-refractivity contribution in [2.24, 2.45) is 29.1 Å². The lowest BCUT2D eigenvalue weighted by Crippen LogP contribution is -2.45. The second kappa shape index (κ2) is 12.6. The van der Waals surface area contributed by atoms with Gasteiger partial charge >= 0.3 is 5.97 Å². The van der Waals surface area contributed by atoms with Crippen LogP contribution in [0, 0.1) is 29.1 Å². The molecule has 3 fully saturated rings. The van der Waals surface area contributed by atoms with Gasteiger partial charge in [-0.3, -0.25) is 4.79 Å². The number of allylic oxidation sites excluding steroid dienone is 3. The summed E-state index contributed by atoms with van der Waals surface area (Å²) in [6.07, 6.45) is 16.3. The number of ether oxygens (including phenoxy) is 1. The van der Waals surface area contributed by atoms with Gasteiger partial charge in [0.15, 0.2) is 8.32 Å². The predicted octanol–water partition coefficient (Wildman–Crippen LogP) is 10.6. The molecular weight excluding hydrogens is 508 g/mol. The number of esters is 1. The Morgan fingerprint density at radius 1 is 1.15 bits per heavy atom. The molecule has 0 aromatic carbocycles. The van der Waals surface area contributed by atoms with Crippen molar-refractivity contribution in [2.45, 2.75) is 156 Å². The van der Waals surface area contributed by atoms with Gasteiger partial charge in [0.25, 0.3) is 0 Å². The molecule has 3 aliphatic carbocycles. The zero-order valence-corrected chi connectivity index (χ0v) is 29.0. The Morgan fingerprint density at radius 2 is 1.82 bits per heavy atom. The quantitative estimate of drug-likeness (QED) is 0.215. The number of hydrogen-bond acceptors (Lipinski definition) is 3. The highest BCUT2D eigenvalue weighted by molar-refractivity contribution is 6.74. The van der Waals surface area contributed by atoms with Crippen LogP contribution >= 0.6 is 0 Å². The molecule has 0 bridgehead atoms. The smallest absolute Gasteiger partial charge is 0.306 e. The van der Waals surface area contributed by atoms with Gasteiger partial charge in [0.2, 0.25) is 0 Å². The summed E-state index contributed by atoms with van der Waals surface area (Å²) in [5.74, 6) is 2.63. The molecule has 4 heteroatoms. The normalized spacial score (nSPS) is 32.8. The number of carbonyl (C=O) groups is 1. The summed E-state index contributed by atoms with van der Waals surface area (Å²) in [4.78, 5) is 12.2. The first-order chi connectivity index (χ1) is 18.3. The van der Waals surface area contributed by atoms with Crippen LogP contribution in [0.5, 0.6) is 0 Å². The fourth-order valence-electron chi connectivity index (χ4n) is 7.72. The zero-order valence-electron chi connectivity index (χ0n) is 28.0.